The first-order valence-corrected chi connectivity index (χ1v) is 13.8. The molecule has 1 fully saturated rings. The molecular weight excluding hydrogens is 458 g/mol. The van der Waals surface area contributed by atoms with Crippen molar-refractivity contribution < 1.29 is 28.4 Å². The lowest BCUT2D eigenvalue weighted by atomic mass is 9.79. The standard InChI is InChI=1S/C23H36N3O7Si/c1-7-31-20(27)13-24-16-23(33-34(5)6)12-18(22(2,3)4)14-25(23)21(28)32-15-17-8-10-19(11-9-17)26(29)30/h8-11,18,24H,7,12-16H2,1-6H3/t18-,23-/m0/s1. The number of nitrogens with zero attached hydrogens (tertiary/aromatic N) is 2. The first-order valence-electron chi connectivity index (χ1n) is 11.4. The maximum atomic E-state index is 13.3. The fraction of sp³-hybridized carbons (Fsp3) is 0.652. The molecule has 2 atom stereocenters. The number of hydrogen-bond acceptors (Lipinski definition) is 8. The highest BCUT2D eigenvalue weighted by Crippen LogP contribution is 2.43. The van der Waals surface area contributed by atoms with E-state index in [0.717, 1.165) is 0 Å². The molecule has 0 aliphatic carbocycles. The summed E-state index contributed by atoms with van der Waals surface area (Å²) in [6, 6.07) is 5.89. The van der Waals surface area contributed by atoms with Gasteiger partial charge in [-0.15, -0.1) is 0 Å². The number of rotatable bonds is 10. The summed E-state index contributed by atoms with van der Waals surface area (Å²) in [4.78, 5) is 37.1. The second-order valence-corrected chi connectivity index (χ2v) is 11.7. The van der Waals surface area contributed by atoms with Gasteiger partial charge in [0.2, 0.25) is 9.04 Å². The van der Waals surface area contributed by atoms with Crippen molar-refractivity contribution in [2.24, 2.45) is 11.3 Å². The number of carbonyl (C=O) groups excluding carboxylic acids is 2. The van der Waals surface area contributed by atoms with Crippen molar-refractivity contribution in [2.75, 3.05) is 26.2 Å². The highest BCUT2D eigenvalue weighted by molar-refractivity contribution is 6.48. The third-order valence-electron chi connectivity index (χ3n) is 5.78. The summed E-state index contributed by atoms with van der Waals surface area (Å²) in [7, 11) is -1.22. The molecule has 1 N–H and O–H groups in total. The maximum Gasteiger partial charge on any atom is 0.412 e. The minimum atomic E-state index is -1.22. The van der Waals surface area contributed by atoms with Crippen molar-refractivity contribution in [1.29, 1.82) is 0 Å². The number of ether oxygens (including phenoxy) is 2. The normalized spacial score (nSPS) is 20.4. The first kappa shape index (κ1) is 27.7. The molecule has 0 unspecified atom stereocenters. The summed E-state index contributed by atoms with van der Waals surface area (Å²) in [6.45, 7) is 13.2. The lowest BCUT2D eigenvalue weighted by molar-refractivity contribution is -0.384. The maximum absolute atomic E-state index is 13.3. The number of carbonyl (C=O) groups is 2. The summed E-state index contributed by atoms with van der Waals surface area (Å²) in [5, 5.41) is 14.0. The van der Waals surface area contributed by atoms with Crippen LogP contribution in [-0.4, -0.2) is 62.9 Å². The van der Waals surface area contributed by atoms with E-state index in [4.69, 9.17) is 13.9 Å². The van der Waals surface area contributed by atoms with Gasteiger partial charge in [-0.25, -0.2) is 4.79 Å². The minimum absolute atomic E-state index is 0.0142. The van der Waals surface area contributed by atoms with Crippen LogP contribution in [0.25, 0.3) is 0 Å². The number of benzene rings is 1. The largest absolute Gasteiger partial charge is 0.465 e. The number of nitro groups is 1. The van der Waals surface area contributed by atoms with Crippen molar-refractivity contribution in [3.8, 4) is 0 Å². The topological polar surface area (TPSA) is 120 Å². The molecule has 1 aromatic rings. The van der Waals surface area contributed by atoms with Crippen LogP contribution in [-0.2, 0) is 25.3 Å². The zero-order chi connectivity index (χ0) is 25.5. The molecule has 2 rings (SSSR count). The van der Waals surface area contributed by atoms with Crippen LogP contribution in [0.2, 0.25) is 13.1 Å². The van der Waals surface area contributed by atoms with E-state index >= 15 is 0 Å². The molecule has 1 aromatic carbocycles. The van der Waals surface area contributed by atoms with E-state index in [0.29, 0.717) is 25.1 Å². The van der Waals surface area contributed by atoms with Crippen LogP contribution < -0.4 is 5.32 Å². The third-order valence-corrected chi connectivity index (χ3v) is 6.57. The average molecular weight is 495 g/mol. The highest BCUT2D eigenvalue weighted by atomic mass is 28.3. The van der Waals surface area contributed by atoms with Gasteiger partial charge in [-0.3, -0.25) is 19.8 Å². The Morgan fingerprint density at radius 2 is 1.88 bits per heavy atom. The summed E-state index contributed by atoms with van der Waals surface area (Å²) in [5.41, 5.74) is -0.400. The van der Waals surface area contributed by atoms with Crippen molar-refractivity contribution in [3.05, 3.63) is 39.9 Å². The van der Waals surface area contributed by atoms with Gasteiger partial charge in [-0.1, -0.05) is 20.8 Å². The number of esters is 1. The number of non-ortho nitro benzene ring substituents is 1. The second-order valence-electron chi connectivity index (χ2n) is 9.72. The number of amides is 1. The Balaban J connectivity index is 2.20. The molecule has 1 heterocycles. The number of likely N-dealkylation sites (tertiary alicyclic amines) is 1. The minimum Gasteiger partial charge on any atom is -0.465 e. The van der Waals surface area contributed by atoms with Crippen LogP contribution in [0.5, 0.6) is 0 Å². The lowest BCUT2D eigenvalue weighted by Crippen LogP contribution is -2.57. The van der Waals surface area contributed by atoms with Crippen molar-refractivity contribution >= 4 is 26.8 Å². The summed E-state index contributed by atoms with van der Waals surface area (Å²) < 4.78 is 17.0. The van der Waals surface area contributed by atoms with E-state index in [-0.39, 0.29) is 42.7 Å². The molecule has 0 spiro atoms. The van der Waals surface area contributed by atoms with E-state index in [2.05, 4.69) is 26.1 Å². The van der Waals surface area contributed by atoms with Crippen LogP contribution in [0.4, 0.5) is 10.5 Å². The van der Waals surface area contributed by atoms with Crippen LogP contribution in [0, 0.1) is 21.4 Å². The third kappa shape index (κ3) is 7.50. The molecule has 0 saturated carbocycles. The molecule has 1 radical (unpaired) electrons. The average Bonchev–Trinajstić information content (AvgIpc) is 3.11. The van der Waals surface area contributed by atoms with Gasteiger partial charge in [0.15, 0.2) is 0 Å². The SMILES string of the molecule is CCOC(=O)CNC[C@@]1(O[Si](C)C)C[C@H](C(C)(C)C)CN1C(=O)OCc1ccc([N+](=O)[O-])cc1. The molecule has 10 nitrogen and oxygen atoms in total. The Labute approximate surface area is 202 Å². The molecule has 0 aromatic heterocycles. The van der Waals surface area contributed by atoms with E-state index < -0.39 is 25.8 Å². The quantitative estimate of drug-likeness (QED) is 0.226. The highest BCUT2D eigenvalue weighted by Gasteiger charge is 2.52. The molecular formula is C23H36N3O7Si. The number of nitro benzene ring substituents is 1. The van der Waals surface area contributed by atoms with Gasteiger partial charge >= 0.3 is 12.1 Å². The second kappa shape index (κ2) is 11.8. The summed E-state index contributed by atoms with van der Waals surface area (Å²) in [5.74, 6) is -0.209. The van der Waals surface area contributed by atoms with Crippen LogP contribution in [0.1, 0.15) is 39.7 Å². The van der Waals surface area contributed by atoms with Gasteiger partial charge < -0.3 is 19.2 Å². The lowest BCUT2D eigenvalue weighted by Gasteiger charge is -2.39. The van der Waals surface area contributed by atoms with E-state index in [1.54, 1.807) is 24.0 Å². The van der Waals surface area contributed by atoms with Crippen molar-refractivity contribution in [1.82, 2.24) is 10.2 Å². The Bertz CT molecular complexity index is 857. The van der Waals surface area contributed by atoms with E-state index in [9.17, 15) is 19.7 Å². The Morgan fingerprint density at radius 3 is 2.41 bits per heavy atom. The number of nitrogens with one attached hydrogen (secondary N) is 1. The molecule has 189 valence electrons. The van der Waals surface area contributed by atoms with Crippen LogP contribution in [0.3, 0.4) is 0 Å². The Kier molecular flexibility index (Phi) is 9.60. The van der Waals surface area contributed by atoms with Crippen molar-refractivity contribution in [2.45, 2.75) is 59.5 Å². The van der Waals surface area contributed by atoms with Crippen LogP contribution >= 0.6 is 0 Å². The molecule has 1 aliphatic rings. The molecule has 1 aliphatic heterocycles. The van der Waals surface area contributed by atoms with Crippen molar-refractivity contribution in [3.63, 3.8) is 0 Å². The predicted octanol–water partition coefficient (Wildman–Crippen LogP) is 3.72. The fourth-order valence-electron chi connectivity index (χ4n) is 3.96. The smallest absolute Gasteiger partial charge is 0.412 e. The fourth-order valence-corrected chi connectivity index (χ4v) is 4.98. The number of hydrogen-bond donors (Lipinski definition) is 1. The van der Waals surface area contributed by atoms with E-state index in [1.807, 2.05) is 13.1 Å². The Morgan fingerprint density at radius 1 is 1.24 bits per heavy atom. The molecule has 1 amide bonds. The molecule has 0 bridgehead atoms. The zero-order valence-electron chi connectivity index (χ0n) is 20.9. The zero-order valence-corrected chi connectivity index (χ0v) is 21.9. The van der Waals surface area contributed by atoms with Gasteiger partial charge in [0.05, 0.1) is 18.1 Å². The van der Waals surface area contributed by atoms with Gasteiger partial charge in [0.1, 0.15) is 12.3 Å². The molecule has 1 saturated heterocycles. The predicted molar refractivity (Wildman–Crippen MR) is 128 cm³/mol. The first-order chi connectivity index (χ1) is 15.9. The monoisotopic (exact) mass is 494 g/mol. The van der Waals surface area contributed by atoms with E-state index in [1.165, 1.54) is 12.1 Å². The molecule has 11 heteroatoms. The Hall–Kier alpha value is -2.50. The summed E-state index contributed by atoms with van der Waals surface area (Å²) >= 11 is 0. The molecule has 34 heavy (non-hydrogen) atoms. The van der Waals surface area contributed by atoms with Gasteiger partial charge in [0.25, 0.3) is 5.69 Å². The van der Waals surface area contributed by atoms with Gasteiger partial charge in [-0.05, 0) is 49.0 Å². The van der Waals surface area contributed by atoms with Crippen LogP contribution in [0.15, 0.2) is 24.3 Å². The van der Waals surface area contributed by atoms with Gasteiger partial charge in [0, 0.05) is 31.6 Å². The van der Waals surface area contributed by atoms with Gasteiger partial charge in [-0.2, -0.15) is 0 Å². The summed E-state index contributed by atoms with van der Waals surface area (Å²) in [6.07, 6.45) is 0.0840.